The summed E-state index contributed by atoms with van der Waals surface area (Å²) in [5, 5.41) is 30.8. The Balaban J connectivity index is 1.58. The molecule has 2 aliphatic rings. The second kappa shape index (κ2) is 14.8. The second-order valence-corrected chi connectivity index (χ2v) is 10.5. The van der Waals surface area contributed by atoms with E-state index >= 15 is 0 Å². The van der Waals surface area contributed by atoms with Crippen molar-refractivity contribution in [2.45, 2.75) is 51.0 Å². The molecular weight excluding hydrogens is 533 g/mol. The Bertz CT molecular complexity index is 1120. The molecule has 2 saturated heterocycles. The molecule has 2 aliphatic heterocycles. The third-order valence-electron chi connectivity index (χ3n) is 7.14. The van der Waals surface area contributed by atoms with E-state index in [9.17, 15) is 29.7 Å². The molecule has 41 heavy (non-hydrogen) atoms. The molecule has 14 heteroatoms. The van der Waals surface area contributed by atoms with Crippen molar-refractivity contribution < 1.29 is 38.6 Å². The third-order valence-corrected chi connectivity index (χ3v) is 7.14. The summed E-state index contributed by atoms with van der Waals surface area (Å²) in [4.78, 5) is 42.9. The molecule has 1 aromatic carbocycles. The fourth-order valence-electron chi connectivity index (χ4n) is 5.00. The van der Waals surface area contributed by atoms with Gasteiger partial charge in [-0.25, -0.2) is 9.59 Å². The maximum absolute atomic E-state index is 13.3. The van der Waals surface area contributed by atoms with E-state index in [-0.39, 0.29) is 24.6 Å². The van der Waals surface area contributed by atoms with Crippen LogP contribution in [0.1, 0.15) is 32.3 Å². The normalized spacial score (nSPS) is 19.1. The number of amides is 3. The molecule has 2 atom stereocenters. The van der Waals surface area contributed by atoms with E-state index in [0.29, 0.717) is 45.6 Å². The highest BCUT2D eigenvalue weighted by atomic mass is 16.6. The van der Waals surface area contributed by atoms with Gasteiger partial charge in [0.25, 0.3) is 5.91 Å². The van der Waals surface area contributed by atoms with Crippen molar-refractivity contribution in [1.82, 2.24) is 20.0 Å². The Morgan fingerprint density at radius 2 is 1.83 bits per heavy atom. The lowest BCUT2D eigenvalue weighted by Crippen LogP contribution is -2.55. The lowest BCUT2D eigenvalue weighted by Gasteiger charge is -2.42. The van der Waals surface area contributed by atoms with E-state index in [2.05, 4.69) is 10.2 Å². The predicted octanol–water partition coefficient (Wildman–Crippen LogP) is 0.871. The van der Waals surface area contributed by atoms with Gasteiger partial charge in [0.15, 0.2) is 0 Å². The molecule has 3 rings (SSSR count). The zero-order valence-electron chi connectivity index (χ0n) is 23.7. The number of hydrogen-bond donors (Lipinski definition) is 3. The second-order valence-electron chi connectivity index (χ2n) is 10.5. The smallest absolute Gasteiger partial charge is 0.453 e. The first-order valence-corrected chi connectivity index (χ1v) is 13.5. The van der Waals surface area contributed by atoms with Crippen molar-refractivity contribution in [2.75, 3.05) is 46.4 Å². The van der Waals surface area contributed by atoms with Gasteiger partial charge in [0, 0.05) is 44.7 Å². The van der Waals surface area contributed by atoms with Crippen LogP contribution in [0.5, 0.6) is 0 Å². The van der Waals surface area contributed by atoms with Gasteiger partial charge in [-0.15, -0.1) is 0 Å². The average Bonchev–Trinajstić information content (AvgIpc) is 2.95. The van der Waals surface area contributed by atoms with E-state index in [0.717, 1.165) is 5.56 Å². The van der Waals surface area contributed by atoms with Gasteiger partial charge in [-0.05, 0) is 38.3 Å². The van der Waals surface area contributed by atoms with Gasteiger partial charge in [0.2, 0.25) is 0 Å². The molecule has 2 heterocycles. The van der Waals surface area contributed by atoms with Crippen LogP contribution in [-0.4, -0.2) is 114 Å². The number of benzene rings is 1. The Hall–Kier alpha value is -3.64. The Labute approximate surface area is 240 Å². The first-order valence-electron chi connectivity index (χ1n) is 13.5. The Kier molecular flexibility index (Phi) is 11.5. The summed E-state index contributed by atoms with van der Waals surface area (Å²) < 4.78 is 15.3. The molecule has 0 aromatic heterocycles. The molecule has 222 valence electrons. The fraction of sp³-hybridized carbons (Fsp3) is 0.556. The average molecular weight is 571 g/mol. The van der Waals surface area contributed by atoms with Crippen molar-refractivity contribution in [3.63, 3.8) is 0 Å². The maximum Gasteiger partial charge on any atom is 0.635 e. The van der Waals surface area contributed by atoms with E-state index in [4.69, 9.17) is 14.1 Å². The number of nitrogens with one attached hydrogen (secondary N) is 1. The van der Waals surface area contributed by atoms with Gasteiger partial charge in [0.1, 0.15) is 24.0 Å². The van der Waals surface area contributed by atoms with Crippen molar-refractivity contribution in [1.29, 1.82) is 5.26 Å². The Morgan fingerprint density at radius 1 is 1.15 bits per heavy atom. The van der Waals surface area contributed by atoms with Crippen LogP contribution in [0.25, 0.3) is 0 Å². The van der Waals surface area contributed by atoms with Crippen LogP contribution < -0.4 is 5.32 Å². The number of rotatable bonds is 9. The number of nitrogens with zero attached hydrogens (tertiary/aromatic N) is 4. The molecule has 0 aliphatic carbocycles. The minimum absolute atomic E-state index is 0.0104. The topological polar surface area (TPSA) is 165 Å². The molecule has 1 aromatic rings. The standard InChI is InChI=1S/C27H38BN5O8/c1-27(2,33-14-12-31(13-15-33)26(36)39-3)17-21(18-29)24(34)32-11-7-10-22(19-32)40-25(35)30-23(41-28(37)38)16-20-8-5-4-6-9-20/h4-6,8-9,17,22-23,37-38H,7,10-16,19H2,1-3H3,(H,30,35)/t22-,23+/m0/s1. The number of hydrogen-bond acceptors (Lipinski definition) is 10. The zero-order chi connectivity index (χ0) is 30.0. The summed E-state index contributed by atoms with van der Waals surface area (Å²) in [6, 6.07) is 11.1. The van der Waals surface area contributed by atoms with Crippen LogP contribution in [0, 0.1) is 11.3 Å². The van der Waals surface area contributed by atoms with Gasteiger partial charge in [0.05, 0.1) is 13.7 Å². The summed E-state index contributed by atoms with van der Waals surface area (Å²) in [5.41, 5.74) is 0.167. The molecule has 2 fully saturated rings. The molecule has 0 saturated carbocycles. The summed E-state index contributed by atoms with van der Waals surface area (Å²) in [7, 11) is -0.752. The lowest BCUT2D eigenvalue weighted by atomic mass is 9.97. The van der Waals surface area contributed by atoms with E-state index < -0.39 is 37.2 Å². The van der Waals surface area contributed by atoms with Crippen molar-refractivity contribution in [3.05, 3.63) is 47.5 Å². The van der Waals surface area contributed by atoms with Gasteiger partial charge in [-0.1, -0.05) is 30.3 Å². The predicted molar refractivity (Wildman–Crippen MR) is 148 cm³/mol. The number of carbonyl (C=O) groups excluding carboxylic acids is 3. The zero-order valence-corrected chi connectivity index (χ0v) is 23.7. The first-order chi connectivity index (χ1) is 19.5. The van der Waals surface area contributed by atoms with Crippen molar-refractivity contribution in [3.8, 4) is 6.07 Å². The lowest BCUT2D eigenvalue weighted by molar-refractivity contribution is -0.129. The number of nitriles is 1. The number of carbonyl (C=O) groups is 3. The quantitative estimate of drug-likeness (QED) is 0.168. The largest absolute Gasteiger partial charge is 0.635 e. The maximum atomic E-state index is 13.3. The van der Waals surface area contributed by atoms with Crippen LogP contribution in [0.2, 0.25) is 0 Å². The van der Waals surface area contributed by atoms with Gasteiger partial charge < -0.3 is 34.0 Å². The monoisotopic (exact) mass is 571 g/mol. The number of piperidine rings is 1. The first kappa shape index (κ1) is 31.9. The SMILES string of the molecule is COC(=O)N1CCN(C(C)(C)C=C(C#N)C(=O)N2CCC[C@H](OC(=O)N[C@@H](Cc3ccccc3)OB(O)O)C2)CC1. The molecule has 0 bridgehead atoms. The summed E-state index contributed by atoms with van der Waals surface area (Å²) in [6.07, 6.45) is 0.0191. The van der Waals surface area contributed by atoms with Crippen LogP contribution >= 0.6 is 0 Å². The molecule has 0 spiro atoms. The summed E-state index contributed by atoms with van der Waals surface area (Å²) in [6.45, 7) is 6.41. The van der Waals surface area contributed by atoms with Crippen LogP contribution in [0.4, 0.5) is 9.59 Å². The number of ether oxygens (including phenoxy) is 2. The highest BCUT2D eigenvalue weighted by molar-refractivity contribution is 6.32. The number of methoxy groups -OCH3 is 1. The molecule has 0 radical (unpaired) electrons. The third kappa shape index (κ3) is 9.46. The highest BCUT2D eigenvalue weighted by Gasteiger charge is 2.34. The van der Waals surface area contributed by atoms with Gasteiger partial charge >= 0.3 is 19.5 Å². The highest BCUT2D eigenvalue weighted by Crippen LogP contribution is 2.23. The minimum Gasteiger partial charge on any atom is -0.453 e. The Morgan fingerprint density at radius 3 is 2.44 bits per heavy atom. The van der Waals surface area contributed by atoms with E-state index in [1.54, 1.807) is 11.0 Å². The number of likely N-dealkylation sites (tertiary alicyclic amines) is 1. The van der Waals surface area contributed by atoms with E-state index in [1.807, 2.05) is 50.2 Å². The molecular formula is C27H38BN5O8. The van der Waals surface area contributed by atoms with Crippen molar-refractivity contribution in [2.24, 2.45) is 0 Å². The number of alkyl carbamates (subject to hydrolysis) is 1. The summed E-state index contributed by atoms with van der Waals surface area (Å²) >= 11 is 0. The van der Waals surface area contributed by atoms with Gasteiger partial charge in [-0.2, -0.15) is 5.26 Å². The molecule has 13 nitrogen and oxygen atoms in total. The van der Waals surface area contributed by atoms with Crippen LogP contribution in [0.3, 0.4) is 0 Å². The summed E-state index contributed by atoms with van der Waals surface area (Å²) in [5.74, 6) is -0.448. The van der Waals surface area contributed by atoms with Gasteiger partial charge in [-0.3, -0.25) is 15.0 Å². The minimum atomic E-state index is -2.09. The molecule has 3 amide bonds. The van der Waals surface area contributed by atoms with E-state index in [1.165, 1.54) is 12.0 Å². The fourth-order valence-corrected chi connectivity index (χ4v) is 5.00. The molecule has 3 N–H and O–H groups in total. The van der Waals surface area contributed by atoms with Crippen molar-refractivity contribution >= 4 is 25.4 Å². The molecule has 0 unspecified atom stereocenters. The number of piperazine rings is 1. The van der Waals surface area contributed by atoms with Crippen LogP contribution in [-0.2, 0) is 25.3 Å². The van der Waals surface area contributed by atoms with Crippen LogP contribution in [0.15, 0.2) is 42.0 Å².